The zero-order valence-electron chi connectivity index (χ0n) is 11.5. The third-order valence-electron chi connectivity index (χ3n) is 3.43. The Morgan fingerprint density at radius 3 is 2.20 bits per heavy atom. The molecule has 0 bridgehead atoms. The van der Waals surface area contributed by atoms with Gasteiger partial charge in [-0.1, -0.05) is 26.0 Å². The second kappa shape index (κ2) is 6.26. The molecule has 1 unspecified atom stereocenters. The van der Waals surface area contributed by atoms with Crippen LogP contribution in [0, 0.1) is 5.41 Å². The molecule has 1 aromatic carbocycles. The molecule has 1 atom stereocenters. The van der Waals surface area contributed by atoms with E-state index in [2.05, 4.69) is 4.74 Å². The molecule has 2 N–H and O–H groups in total. The van der Waals surface area contributed by atoms with E-state index in [1.165, 1.54) is 24.3 Å². The van der Waals surface area contributed by atoms with Crippen molar-refractivity contribution in [3.05, 3.63) is 29.8 Å². The lowest BCUT2D eigenvalue weighted by atomic mass is 9.80. The molecular formula is C14H18F3NO2. The number of carbonyl (C=O) groups is 1. The van der Waals surface area contributed by atoms with Crippen LogP contribution in [0.2, 0.25) is 0 Å². The molecule has 1 aromatic rings. The van der Waals surface area contributed by atoms with Crippen LogP contribution in [0.5, 0.6) is 5.75 Å². The molecule has 0 saturated carbocycles. The van der Waals surface area contributed by atoms with E-state index in [-0.39, 0.29) is 24.5 Å². The van der Waals surface area contributed by atoms with Gasteiger partial charge in [0.25, 0.3) is 0 Å². The number of ketones is 1. The maximum absolute atomic E-state index is 12.1. The van der Waals surface area contributed by atoms with E-state index in [9.17, 15) is 18.0 Å². The summed E-state index contributed by atoms with van der Waals surface area (Å²) >= 11 is 0. The van der Waals surface area contributed by atoms with Crippen molar-refractivity contribution in [2.45, 2.75) is 33.1 Å². The number of hydrogen-bond acceptors (Lipinski definition) is 3. The molecule has 6 heteroatoms. The summed E-state index contributed by atoms with van der Waals surface area (Å²) in [6.07, 6.45) is -3.94. The van der Waals surface area contributed by atoms with Crippen molar-refractivity contribution in [1.29, 1.82) is 0 Å². The summed E-state index contributed by atoms with van der Waals surface area (Å²) in [7, 11) is 0. The number of hydrogen-bond donors (Lipinski definition) is 1. The number of Topliss-reactive ketones (excluding diaryl/α,β-unsaturated/α-hetero) is 1. The maximum Gasteiger partial charge on any atom is 0.573 e. The molecule has 0 aliphatic carbocycles. The molecule has 0 aliphatic rings. The van der Waals surface area contributed by atoms with Crippen molar-refractivity contribution < 1.29 is 22.7 Å². The Hall–Kier alpha value is -1.56. The molecule has 0 radical (unpaired) electrons. The molecule has 1 rings (SSSR count). The highest BCUT2D eigenvalue weighted by Crippen LogP contribution is 2.25. The zero-order chi connectivity index (χ0) is 15.4. The van der Waals surface area contributed by atoms with Crippen molar-refractivity contribution in [2.24, 2.45) is 11.1 Å². The number of rotatable bonds is 6. The number of carbonyl (C=O) groups excluding carboxylic acids is 1. The van der Waals surface area contributed by atoms with Crippen molar-refractivity contribution >= 4 is 5.78 Å². The van der Waals surface area contributed by atoms with Gasteiger partial charge in [-0.15, -0.1) is 13.2 Å². The highest BCUT2D eigenvalue weighted by Gasteiger charge is 2.31. The first-order valence-electron chi connectivity index (χ1n) is 6.28. The average Bonchev–Trinajstić information content (AvgIpc) is 2.38. The summed E-state index contributed by atoms with van der Waals surface area (Å²) in [5, 5.41) is 0. The quantitative estimate of drug-likeness (QED) is 0.875. The van der Waals surface area contributed by atoms with E-state index in [0.717, 1.165) is 0 Å². The van der Waals surface area contributed by atoms with Crippen LogP contribution >= 0.6 is 0 Å². The Balaban J connectivity index is 2.73. The van der Waals surface area contributed by atoms with Crippen LogP contribution in [0.15, 0.2) is 24.3 Å². The monoisotopic (exact) mass is 289 g/mol. The van der Waals surface area contributed by atoms with Gasteiger partial charge in [-0.05, 0) is 24.1 Å². The van der Waals surface area contributed by atoms with Gasteiger partial charge in [-0.3, -0.25) is 4.79 Å². The second-order valence-corrected chi connectivity index (χ2v) is 4.91. The zero-order valence-corrected chi connectivity index (χ0v) is 11.5. The van der Waals surface area contributed by atoms with Gasteiger partial charge in [0.05, 0.1) is 0 Å². The first kappa shape index (κ1) is 16.5. The van der Waals surface area contributed by atoms with Crippen LogP contribution in [0.3, 0.4) is 0 Å². The van der Waals surface area contributed by atoms with E-state index in [4.69, 9.17) is 5.73 Å². The minimum atomic E-state index is -4.71. The number of halogens is 3. The van der Waals surface area contributed by atoms with E-state index in [1.807, 2.05) is 6.92 Å². The fourth-order valence-corrected chi connectivity index (χ4v) is 1.66. The number of nitrogens with two attached hydrogens (primary N) is 1. The molecule has 0 heterocycles. The molecule has 20 heavy (non-hydrogen) atoms. The molecule has 0 saturated heterocycles. The molecule has 0 aromatic heterocycles. The summed E-state index contributed by atoms with van der Waals surface area (Å²) in [5.41, 5.74) is 5.64. The Labute approximate surface area is 115 Å². The average molecular weight is 289 g/mol. The van der Waals surface area contributed by atoms with Gasteiger partial charge in [-0.25, -0.2) is 0 Å². The van der Waals surface area contributed by atoms with Gasteiger partial charge in [0.2, 0.25) is 0 Å². The van der Waals surface area contributed by atoms with Crippen molar-refractivity contribution in [1.82, 2.24) is 0 Å². The molecule has 3 nitrogen and oxygen atoms in total. The predicted molar refractivity (Wildman–Crippen MR) is 69.3 cm³/mol. The molecule has 112 valence electrons. The Morgan fingerprint density at radius 1 is 1.25 bits per heavy atom. The third-order valence-corrected chi connectivity index (χ3v) is 3.43. The molecule has 0 spiro atoms. The van der Waals surface area contributed by atoms with Gasteiger partial charge in [-0.2, -0.15) is 0 Å². The van der Waals surface area contributed by atoms with Gasteiger partial charge in [0.1, 0.15) is 11.5 Å². The van der Waals surface area contributed by atoms with E-state index in [1.54, 1.807) is 6.92 Å². The van der Waals surface area contributed by atoms with E-state index >= 15 is 0 Å². The Morgan fingerprint density at radius 2 is 1.80 bits per heavy atom. The summed E-state index contributed by atoms with van der Waals surface area (Å²) in [5.74, 6) is -0.322. The number of benzene rings is 1. The SMILES string of the molecule is CCC(C)(CN)C(=O)Cc1ccc(OC(F)(F)F)cc1. The molecular weight excluding hydrogens is 271 g/mol. The van der Waals surface area contributed by atoms with Crippen LogP contribution in [-0.4, -0.2) is 18.7 Å². The van der Waals surface area contributed by atoms with Gasteiger partial charge >= 0.3 is 6.36 Å². The minimum Gasteiger partial charge on any atom is -0.406 e. The maximum atomic E-state index is 12.1. The standard InChI is InChI=1S/C14H18F3NO2/c1-3-13(2,9-18)12(19)8-10-4-6-11(7-5-10)20-14(15,16)17/h4-7H,3,8-9,18H2,1-2H3. The first-order valence-corrected chi connectivity index (χ1v) is 6.28. The minimum absolute atomic E-state index is 0.0213. The second-order valence-electron chi connectivity index (χ2n) is 4.91. The van der Waals surface area contributed by atoms with Crippen LogP contribution in [-0.2, 0) is 11.2 Å². The van der Waals surface area contributed by atoms with E-state index < -0.39 is 11.8 Å². The lowest BCUT2D eigenvalue weighted by Gasteiger charge is -2.24. The third kappa shape index (κ3) is 4.52. The van der Waals surface area contributed by atoms with Gasteiger partial charge < -0.3 is 10.5 Å². The first-order chi connectivity index (χ1) is 9.20. The summed E-state index contributed by atoms with van der Waals surface area (Å²) < 4.78 is 39.8. The van der Waals surface area contributed by atoms with Crippen molar-refractivity contribution in [3.8, 4) is 5.75 Å². The largest absolute Gasteiger partial charge is 0.573 e. The van der Waals surface area contributed by atoms with Crippen LogP contribution in [0.25, 0.3) is 0 Å². The molecule has 0 fully saturated rings. The van der Waals surface area contributed by atoms with Crippen LogP contribution < -0.4 is 10.5 Å². The van der Waals surface area contributed by atoms with Gasteiger partial charge in [0, 0.05) is 18.4 Å². The lowest BCUT2D eigenvalue weighted by Crippen LogP contribution is -2.36. The van der Waals surface area contributed by atoms with Crippen molar-refractivity contribution in [2.75, 3.05) is 6.54 Å². The topological polar surface area (TPSA) is 52.3 Å². The summed E-state index contributed by atoms with van der Waals surface area (Å²) in [4.78, 5) is 12.1. The highest BCUT2D eigenvalue weighted by molar-refractivity contribution is 5.86. The highest BCUT2D eigenvalue weighted by atomic mass is 19.4. The summed E-state index contributed by atoms with van der Waals surface area (Å²) in [6, 6.07) is 5.29. The smallest absolute Gasteiger partial charge is 0.406 e. The van der Waals surface area contributed by atoms with Crippen molar-refractivity contribution in [3.63, 3.8) is 0 Å². The Kier molecular flexibility index (Phi) is 5.16. The van der Waals surface area contributed by atoms with Crippen LogP contribution in [0.1, 0.15) is 25.8 Å². The molecule has 0 amide bonds. The fraction of sp³-hybridized carbons (Fsp3) is 0.500. The fourth-order valence-electron chi connectivity index (χ4n) is 1.66. The lowest BCUT2D eigenvalue weighted by molar-refractivity contribution is -0.274. The molecule has 0 aliphatic heterocycles. The normalized spacial score (nSPS) is 14.7. The van der Waals surface area contributed by atoms with Crippen LogP contribution in [0.4, 0.5) is 13.2 Å². The summed E-state index contributed by atoms with van der Waals surface area (Å²) in [6.45, 7) is 3.92. The van der Waals surface area contributed by atoms with Gasteiger partial charge in [0.15, 0.2) is 0 Å². The predicted octanol–water partition coefficient (Wildman–Crippen LogP) is 3.07. The Bertz CT molecular complexity index is 450. The van der Waals surface area contributed by atoms with E-state index in [0.29, 0.717) is 12.0 Å². The number of alkyl halides is 3. The number of ether oxygens (including phenoxy) is 1.